The number of hydrogen-bond donors (Lipinski definition) is 3. The predicted octanol–water partition coefficient (Wildman–Crippen LogP) is 5.31. The molecule has 3 fully saturated rings. The van der Waals surface area contributed by atoms with E-state index in [0.29, 0.717) is 18.4 Å². The maximum atomic E-state index is 10.1. The summed E-state index contributed by atoms with van der Waals surface area (Å²) in [6, 6.07) is 0. The van der Waals surface area contributed by atoms with Gasteiger partial charge in [-0.2, -0.15) is 0 Å². The molecular formula is C26H42O3. The molecular weight excluding hydrogens is 360 g/mol. The Bertz CT molecular complexity index is 623. The molecule has 3 aliphatic rings. The highest BCUT2D eigenvalue weighted by Crippen LogP contribution is 2.51. The molecule has 164 valence electrons. The Morgan fingerprint density at radius 1 is 1.10 bits per heavy atom. The molecule has 6 atom stereocenters. The van der Waals surface area contributed by atoms with Gasteiger partial charge in [-0.3, -0.25) is 0 Å². The molecule has 3 N–H and O–H groups in total. The summed E-state index contributed by atoms with van der Waals surface area (Å²) >= 11 is 0. The highest BCUT2D eigenvalue weighted by Gasteiger charge is 2.41. The number of rotatable bonds is 6. The number of aliphatic hydroxyl groups is 3. The Hall–Kier alpha value is -0.900. The van der Waals surface area contributed by atoms with E-state index in [1.165, 1.54) is 38.5 Å². The Balaban J connectivity index is 1.61. The quantitative estimate of drug-likeness (QED) is 0.527. The smallest absolute Gasteiger partial charge is 0.0809 e. The molecule has 0 radical (unpaired) electrons. The molecule has 29 heavy (non-hydrogen) atoms. The summed E-state index contributed by atoms with van der Waals surface area (Å²) in [5.74, 6) is 3.09. The fourth-order valence-corrected chi connectivity index (χ4v) is 6.11. The van der Waals surface area contributed by atoms with Gasteiger partial charge in [-0.25, -0.2) is 0 Å². The summed E-state index contributed by atoms with van der Waals surface area (Å²) in [4.78, 5) is 0. The molecule has 3 heteroatoms. The van der Waals surface area contributed by atoms with Crippen molar-refractivity contribution < 1.29 is 15.3 Å². The molecule has 3 nitrogen and oxygen atoms in total. The van der Waals surface area contributed by atoms with Gasteiger partial charge in [0.25, 0.3) is 0 Å². The van der Waals surface area contributed by atoms with Gasteiger partial charge in [-0.15, -0.1) is 0 Å². The van der Waals surface area contributed by atoms with Gasteiger partial charge in [-0.05, 0) is 94.5 Å². The van der Waals surface area contributed by atoms with Gasteiger partial charge >= 0.3 is 0 Å². The lowest BCUT2D eigenvalue weighted by Gasteiger charge is -2.34. The van der Waals surface area contributed by atoms with E-state index in [-0.39, 0.29) is 0 Å². The van der Waals surface area contributed by atoms with Gasteiger partial charge in [0, 0.05) is 0 Å². The van der Waals surface area contributed by atoms with E-state index in [2.05, 4.69) is 25.7 Å². The van der Waals surface area contributed by atoms with E-state index in [1.54, 1.807) is 5.57 Å². The predicted molar refractivity (Wildman–Crippen MR) is 119 cm³/mol. The summed E-state index contributed by atoms with van der Waals surface area (Å²) in [5.41, 5.74) is 2.75. The lowest BCUT2D eigenvalue weighted by atomic mass is 9.71. The van der Waals surface area contributed by atoms with Crippen molar-refractivity contribution in [3.05, 3.63) is 35.5 Å². The minimum Gasteiger partial charge on any atom is -0.390 e. The highest BCUT2D eigenvalue weighted by atomic mass is 16.3. The first kappa shape index (κ1) is 22.8. The number of hydrogen-bond acceptors (Lipinski definition) is 3. The minimum atomic E-state index is -0.608. The third kappa shape index (κ3) is 5.83. The van der Waals surface area contributed by atoms with E-state index >= 15 is 0 Å². The van der Waals surface area contributed by atoms with Crippen LogP contribution in [0.5, 0.6) is 0 Å². The van der Waals surface area contributed by atoms with Gasteiger partial charge < -0.3 is 15.3 Å². The average molecular weight is 403 g/mol. The number of fused-ring (bicyclic) bond motifs is 1. The zero-order chi connectivity index (χ0) is 21.2. The summed E-state index contributed by atoms with van der Waals surface area (Å²) in [6.07, 6.45) is 14.2. The van der Waals surface area contributed by atoms with Gasteiger partial charge in [0.1, 0.15) is 0 Å². The van der Waals surface area contributed by atoms with Crippen LogP contribution in [0, 0.1) is 23.7 Å². The second-order valence-corrected chi connectivity index (χ2v) is 10.7. The summed E-state index contributed by atoms with van der Waals surface area (Å²) in [7, 11) is 0. The average Bonchev–Trinajstić information content (AvgIpc) is 3.08. The molecule has 3 rings (SSSR count). The topological polar surface area (TPSA) is 60.7 Å². The molecule has 0 amide bonds. The summed E-state index contributed by atoms with van der Waals surface area (Å²) in [6.45, 7) is 10.1. The fourth-order valence-electron chi connectivity index (χ4n) is 6.11. The molecule has 0 spiro atoms. The lowest BCUT2D eigenvalue weighted by molar-refractivity contribution is 0.0651. The Morgan fingerprint density at radius 3 is 2.45 bits per heavy atom. The van der Waals surface area contributed by atoms with Crippen LogP contribution in [0.1, 0.15) is 85.0 Å². The van der Waals surface area contributed by atoms with Gasteiger partial charge in [0.2, 0.25) is 0 Å². The first-order chi connectivity index (χ1) is 13.7. The number of allylic oxidation sites excluding steroid dienone is 3. The molecule has 0 aromatic rings. The highest BCUT2D eigenvalue weighted by molar-refractivity contribution is 5.28. The van der Waals surface area contributed by atoms with E-state index in [4.69, 9.17) is 0 Å². The van der Waals surface area contributed by atoms with Crippen molar-refractivity contribution in [3.8, 4) is 0 Å². The molecule has 0 bridgehead atoms. The molecule has 2 unspecified atom stereocenters. The Kier molecular flexibility index (Phi) is 7.46. The molecule has 0 saturated heterocycles. The van der Waals surface area contributed by atoms with E-state index < -0.39 is 17.8 Å². The van der Waals surface area contributed by atoms with Crippen LogP contribution in [-0.4, -0.2) is 33.1 Å². The molecule has 0 aromatic carbocycles. The monoisotopic (exact) mass is 402 g/mol. The van der Waals surface area contributed by atoms with Crippen molar-refractivity contribution in [2.75, 3.05) is 0 Å². The van der Waals surface area contributed by atoms with Crippen molar-refractivity contribution >= 4 is 0 Å². The summed E-state index contributed by atoms with van der Waals surface area (Å²) in [5, 5.41) is 30.2. The molecule has 3 aliphatic carbocycles. The maximum absolute atomic E-state index is 10.1. The Labute approximate surface area is 177 Å². The summed E-state index contributed by atoms with van der Waals surface area (Å²) < 4.78 is 0. The van der Waals surface area contributed by atoms with Crippen molar-refractivity contribution in [1.29, 1.82) is 0 Å². The minimum absolute atomic E-state index is 0.543. The van der Waals surface area contributed by atoms with Crippen LogP contribution in [0.2, 0.25) is 0 Å². The molecule has 0 heterocycles. The van der Waals surface area contributed by atoms with Crippen LogP contribution in [0.15, 0.2) is 35.5 Å². The Morgan fingerprint density at radius 2 is 1.79 bits per heavy atom. The van der Waals surface area contributed by atoms with Crippen molar-refractivity contribution in [2.45, 2.75) is 103 Å². The van der Waals surface area contributed by atoms with Crippen LogP contribution >= 0.6 is 0 Å². The van der Waals surface area contributed by atoms with Gasteiger partial charge in [0.15, 0.2) is 0 Å². The van der Waals surface area contributed by atoms with E-state index in [0.717, 1.165) is 42.1 Å². The van der Waals surface area contributed by atoms with E-state index in [9.17, 15) is 15.3 Å². The van der Waals surface area contributed by atoms with Crippen molar-refractivity contribution in [3.63, 3.8) is 0 Å². The molecule has 0 aromatic heterocycles. The van der Waals surface area contributed by atoms with Gasteiger partial charge in [-0.1, -0.05) is 49.6 Å². The first-order valence-electron chi connectivity index (χ1n) is 11.8. The normalized spacial score (nSPS) is 37.2. The first-order valence-corrected chi connectivity index (χ1v) is 11.8. The second-order valence-electron chi connectivity index (χ2n) is 10.7. The standard InChI is InChI=1S/C26H42O3/c1-17(7-6-14-26(3,4)29)21-12-13-22-20(8-5-9-23(21)22)11-10-19-15-24(27)18(2)25(28)16-19/h10-11,17,21-25,27-29H,2,5-9,12-16H2,1,3-4H3/b19-10?,20-11+/t17-,21?,22-,23+,24+,25?/m0/s1. The van der Waals surface area contributed by atoms with Crippen LogP contribution < -0.4 is 0 Å². The lowest BCUT2D eigenvalue weighted by Crippen LogP contribution is -2.28. The third-order valence-corrected chi connectivity index (χ3v) is 7.84. The zero-order valence-electron chi connectivity index (χ0n) is 18.7. The number of aliphatic hydroxyl groups excluding tert-OH is 2. The zero-order valence-corrected chi connectivity index (χ0v) is 18.7. The molecule has 3 saturated carbocycles. The third-order valence-electron chi connectivity index (χ3n) is 7.84. The maximum Gasteiger partial charge on any atom is 0.0809 e. The van der Waals surface area contributed by atoms with E-state index in [1.807, 2.05) is 13.8 Å². The largest absolute Gasteiger partial charge is 0.390 e. The van der Waals surface area contributed by atoms with Crippen LogP contribution in [0.4, 0.5) is 0 Å². The fraction of sp³-hybridized carbons (Fsp3) is 0.769. The van der Waals surface area contributed by atoms with Crippen molar-refractivity contribution in [1.82, 2.24) is 0 Å². The second kappa shape index (κ2) is 9.49. The van der Waals surface area contributed by atoms with Crippen molar-refractivity contribution in [2.24, 2.45) is 23.7 Å². The SMILES string of the molecule is C=C1C(O)CC(=C/C=C2\CCC[C@@H]3C([C@@H](C)CCCC(C)(C)O)CC[C@@H]23)C[C@H]1O. The van der Waals surface area contributed by atoms with Crippen LogP contribution in [-0.2, 0) is 0 Å². The van der Waals surface area contributed by atoms with Crippen LogP contribution in [0.25, 0.3) is 0 Å². The van der Waals surface area contributed by atoms with Gasteiger partial charge in [0.05, 0.1) is 17.8 Å². The molecule has 0 aliphatic heterocycles. The van der Waals surface area contributed by atoms with Crippen LogP contribution in [0.3, 0.4) is 0 Å².